The summed E-state index contributed by atoms with van der Waals surface area (Å²) in [5, 5.41) is 21.8. The lowest BCUT2D eigenvalue weighted by Crippen LogP contribution is -2.15. The molecule has 22 heavy (non-hydrogen) atoms. The highest BCUT2D eigenvalue weighted by Crippen LogP contribution is 2.21. The highest BCUT2D eigenvalue weighted by Gasteiger charge is 2.22. The van der Waals surface area contributed by atoms with Crippen molar-refractivity contribution in [2.45, 2.75) is 11.8 Å². The first-order chi connectivity index (χ1) is 10.3. The minimum absolute atomic E-state index is 0.0318. The number of aromatic carboxylic acids is 1. The molecule has 0 saturated heterocycles. The standard InChI is InChI=1S/C13H12N4O4S/c1-8-4-3-5-11(9(8)7-14)22(20,21)16-12-6-10(13(18)19)17(2)15-12/h3-6H,1-2H3,(H,15,16)(H,18,19). The fourth-order valence-corrected chi connectivity index (χ4v) is 3.14. The van der Waals surface area contributed by atoms with E-state index in [4.69, 9.17) is 10.4 Å². The van der Waals surface area contributed by atoms with Gasteiger partial charge in [-0.2, -0.15) is 10.4 Å². The van der Waals surface area contributed by atoms with Crippen molar-refractivity contribution in [3.05, 3.63) is 41.1 Å². The average Bonchev–Trinajstić information content (AvgIpc) is 2.78. The van der Waals surface area contributed by atoms with Gasteiger partial charge in [0.15, 0.2) is 5.82 Å². The summed E-state index contributed by atoms with van der Waals surface area (Å²) in [6.07, 6.45) is 0. The number of nitriles is 1. The van der Waals surface area contributed by atoms with Gasteiger partial charge in [-0.1, -0.05) is 12.1 Å². The van der Waals surface area contributed by atoms with E-state index in [1.165, 1.54) is 19.2 Å². The van der Waals surface area contributed by atoms with Gasteiger partial charge in [0, 0.05) is 13.1 Å². The molecule has 0 aliphatic rings. The van der Waals surface area contributed by atoms with E-state index in [0.717, 1.165) is 10.7 Å². The molecule has 0 saturated carbocycles. The maximum absolute atomic E-state index is 12.4. The van der Waals surface area contributed by atoms with Crippen LogP contribution in [0.15, 0.2) is 29.2 Å². The number of aryl methyl sites for hydroxylation is 2. The highest BCUT2D eigenvalue weighted by molar-refractivity contribution is 7.92. The Kier molecular flexibility index (Phi) is 3.88. The van der Waals surface area contributed by atoms with Gasteiger partial charge in [-0.05, 0) is 18.6 Å². The van der Waals surface area contributed by atoms with Crippen molar-refractivity contribution in [3.63, 3.8) is 0 Å². The number of anilines is 1. The van der Waals surface area contributed by atoms with Crippen LogP contribution in [-0.4, -0.2) is 29.3 Å². The van der Waals surface area contributed by atoms with Crippen molar-refractivity contribution in [1.29, 1.82) is 5.26 Å². The quantitative estimate of drug-likeness (QED) is 0.869. The third-order valence-electron chi connectivity index (χ3n) is 2.97. The second kappa shape index (κ2) is 5.50. The average molecular weight is 320 g/mol. The number of carboxylic acid groups (broad SMARTS) is 1. The van der Waals surface area contributed by atoms with Crippen molar-refractivity contribution in [1.82, 2.24) is 9.78 Å². The summed E-state index contributed by atoms with van der Waals surface area (Å²) in [5.41, 5.74) is 0.393. The number of nitrogens with zero attached hydrogens (tertiary/aromatic N) is 3. The largest absolute Gasteiger partial charge is 0.477 e. The van der Waals surface area contributed by atoms with Crippen LogP contribution in [0, 0.1) is 18.3 Å². The van der Waals surface area contributed by atoms with E-state index in [-0.39, 0.29) is 22.0 Å². The number of sulfonamides is 1. The van der Waals surface area contributed by atoms with Crippen LogP contribution in [-0.2, 0) is 17.1 Å². The van der Waals surface area contributed by atoms with Crippen LogP contribution in [0.2, 0.25) is 0 Å². The summed E-state index contributed by atoms with van der Waals surface area (Å²) in [7, 11) is -2.67. The predicted octanol–water partition coefficient (Wildman–Crippen LogP) is 1.10. The summed E-state index contributed by atoms with van der Waals surface area (Å²) in [4.78, 5) is 10.8. The Labute approximate surface area is 126 Å². The lowest BCUT2D eigenvalue weighted by Gasteiger charge is -2.08. The second-order valence-electron chi connectivity index (χ2n) is 4.51. The lowest BCUT2D eigenvalue weighted by atomic mass is 10.1. The molecule has 0 aliphatic carbocycles. The number of hydrogen-bond acceptors (Lipinski definition) is 5. The Hall–Kier alpha value is -2.86. The van der Waals surface area contributed by atoms with Crippen LogP contribution < -0.4 is 4.72 Å². The molecule has 2 aromatic rings. The molecule has 114 valence electrons. The lowest BCUT2D eigenvalue weighted by molar-refractivity contribution is 0.0685. The Balaban J connectivity index is 2.45. The molecule has 0 amide bonds. The highest BCUT2D eigenvalue weighted by atomic mass is 32.2. The third-order valence-corrected chi connectivity index (χ3v) is 4.37. The molecule has 0 atom stereocenters. The molecule has 0 fully saturated rings. The van der Waals surface area contributed by atoms with E-state index in [1.807, 2.05) is 6.07 Å². The molecule has 0 bridgehead atoms. The summed E-state index contributed by atoms with van der Waals surface area (Å²) in [6.45, 7) is 1.63. The minimum atomic E-state index is -4.05. The zero-order chi connectivity index (χ0) is 16.5. The van der Waals surface area contributed by atoms with Gasteiger partial charge in [0.1, 0.15) is 16.7 Å². The molecule has 0 spiro atoms. The van der Waals surface area contributed by atoms with E-state index in [9.17, 15) is 13.2 Å². The van der Waals surface area contributed by atoms with Crippen LogP contribution in [0.4, 0.5) is 5.82 Å². The first-order valence-electron chi connectivity index (χ1n) is 6.06. The number of benzene rings is 1. The van der Waals surface area contributed by atoms with Crippen molar-refractivity contribution >= 4 is 21.8 Å². The van der Waals surface area contributed by atoms with Gasteiger partial charge >= 0.3 is 5.97 Å². The number of hydrogen-bond donors (Lipinski definition) is 2. The van der Waals surface area contributed by atoms with Crippen LogP contribution in [0.1, 0.15) is 21.6 Å². The molecule has 1 aromatic carbocycles. The van der Waals surface area contributed by atoms with Crippen molar-refractivity contribution in [3.8, 4) is 6.07 Å². The Morgan fingerprint density at radius 1 is 1.45 bits per heavy atom. The zero-order valence-electron chi connectivity index (χ0n) is 11.7. The van der Waals surface area contributed by atoms with E-state index < -0.39 is 16.0 Å². The first-order valence-corrected chi connectivity index (χ1v) is 7.54. The van der Waals surface area contributed by atoms with E-state index in [1.54, 1.807) is 13.0 Å². The predicted molar refractivity (Wildman–Crippen MR) is 76.9 cm³/mol. The summed E-state index contributed by atoms with van der Waals surface area (Å²) < 4.78 is 28.0. The molecule has 1 heterocycles. The number of rotatable bonds is 4. The smallest absolute Gasteiger partial charge is 0.354 e. The zero-order valence-corrected chi connectivity index (χ0v) is 12.5. The fraction of sp³-hybridized carbons (Fsp3) is 0.154. The molecule has 0 aliphatic heterocycles. The Morgan fingerprint density at radius 3 is 2.68 bits per heavy atom. The third kappa shape index (κ3) is 2.77. The van der Waals surface area contributed by atoms with E-state index in [2.05, 4.69) is 9.82 Å². The monoisotopic (exact) mass is 320 g/mol. The van der Waals surface area contributed by atoms with Gasteiger partial charge in [0.05, 0.1) is 5.56 Å². The molecule has 9 heteroatoms. The number of aromatic nitrogens is 2. The fourth-order valence-electron chi connectivity index (χ4n) is 1.92. The SMILES string of the molecule is Cc1cccc(S(=O)(=O)Nc2cc(C(=O)O)n(C)n2)c1C#N. The van der Waals surface area contributed by atoms with Crippen LogP contribution in [0.25, 0.3) is 0 Å². The molecule has 0 radical (unpaired) electrons. The van der Waals surface area contributed by atoms with Gasteiger partial charge in [-0.25, -0.2) is 13.2 Å². The van der Waals surface area contributed by atoms with E-state index in [0.29, 0.717) is 5.56 Å². The Bertz CT molecular complexity index is 893. The number of carboxylic acids is 1. The van der Waals surface area contributed by atoms with Gasteiger partial charge in [-0.15, -0.1) is 0 Å². The van der Waals surface area contributed by atoms with Gasteiger partial charge in [0.25, 0.3) is 10.0 Å². The number of nitrogens with one attached hydrogen (secondary N) is 1. The maximum atomic E-state index is 12.4. The van der Waals surface area contributed by atoms with Crippen molar-refractivity contribution in [2.75, 3.05) is 4.72 Å². The van der Waals surface area contributed by atoms with Crippen LogP contribution >= 0.6 is 0 Å². The molecular weight excluding hydrogens is 308 g/mol. The molecule has 8 nitrogen and oxygen atoms in total. The van der Waals surface area contributed by atoms with Gasteiger partial charge < -0.3 is 5.11 Å². The normalized spacial score (nSPS) is 11.0. The van der Waals surface area contributed by atoms with Crippen LogP contribution in [0.3, 0.4) is 0 Å². The maximum Gasteiger partial charge on any atom is 0.354 e. The molecule has 0 unspecified atom stereocenters. The van der Waals surface area contributed by atoms with Gasteiger partial charge in [0.2, 0.25) is 0 Å². The van der Waals surface area contributed by atoms with Crippen molar-refractivity contribution in [2.24, 2.45) is 7.05 Å². The van der Waals surface area contributed by atoms with E-state index >= 15 is 0 Å². The van der Waals surface area contributed by atoms with Gasteiger partial charge in [-0.3, -0.25) is 9.40 Å². The first kappa shape index (κ1) is 15.5. The molecule has 2 N–H and O–H groups in total. The minimum Gasteiger partial charge on any atom is -0.477 e. The summed E-state index contributed by atoms with van der Waals surface area (Å²) >= 11 is 0. The molecular formula is C13H12N4O4S. The molecule has 2 rings (SSSR count). The summed E-state index contributed by atoms with van der Waals surface area (Å²) in [5.74, 6) is -1.36. The molecule has 1 aromatic heterocycles. The van der Waals surface area contributed by atoms with Crippen LogP contribution in [0.5, 0.6) is 0 Å². The topological polar surface area (TPSA) is 125 Å². The number of carbonyl (C=O) groups is 1. The Morgan fingerprint density at radius 2 is 2.14 bits per heavy atom. The van der Waals surface area contributed by atoms with Crippen molar-refractivity contribution < 1.29 is 18.3 Å². The second-order valence-corrected chi connectivity index (χ2v) is 6.16. The summed E-state index contributed by atoms with van der Waals surface area (Å²) in [6, 6.07) is 7.40.